The molecule has 0 radical (unpaired) electrons. The standard InChI is InChI=1S/C18H20FN5S.C4H5NO/c1-12-11-25-18(21-12)17-16(13-2-4-14(19)5-3-13)22-15(23-17)10-24-8-6-20-7-9-24;1-2-3-5-4-6/h2-5,11,20H,6-10H2,1H3,(H,22,23);1,4H,3H2,(H,5,6). The number of aromatic nitrogens is 3. The van der Waals surface area contributed by atoms with Crippen molar-refractivity contribution in [1.82, 2.24) is 30.5 Å². The second kappa shape index (κ2) is 11.4. The maximum atomic E-state index is 13.3. The molecule has 1 saturated heterocycles. The average molecular weight is 441 g/mol. The van der Waals surface area contributed by atoms with E-state index in [1.54, 1.807) is 23.5 Å². The molecule has 3 aromatic rings. The molecule has 0 bridgehead atoms. The highest BCUT2D eigenvalue weighted by atomic mass is 32.1. The molecule has 0 aliphatic carbocycles. The van der Waals surface area contributed by atoms with Gasteiger partial charge < -0.3 is 15.6 Å². The van der Waals surface area contributed by atoms with Crippen LogP contribution in [0, 0.1) is 25.1 Å². The van der Waals surface area contributed by atoms with Crippen LogP contribution in [0.5, 0.6) is 0 Å². The van der Waals surface area contributed by atoms with Crippen LogP contribution in [0.2, 0.25) is 0 Å². The number of thiazole rings is 1. The number of carbonyl (C=O) groups excluding carboxylic acids is 1. The lowest BCUT2D eigenvalue weighted by molar-refractivity contribution is -0.109. The Morgan fingerprint density at radius 2 is 2.03 bits per heavy atom. The lowest BCUT2D eigenvalue weighted by Crippen LogP contribution is -2.43. The number of amides is 1. The lowest BCUT2D eigenvalue weighted by atomic mass is 10.1. The van der Waals surface area contributed by atoms with Crippen LogP contribution in [0.25, 0.3) is 22.0 Å². The Bertz CT molecular complexity index is 1020. The summed E-state index contributed by atoms with van der Waals surface area (Å²) in [6, 6.07) is 6.47. The van der Waals surface area contributed by atoms with E-state index in [0.29, 0.717) is 13.0 Å². The Balaban J connectivity index is 0.000000401. The number of nitrogens with zero attached hydrogens (tertiary/aromatic N) is 3. The highest BCUT2D eigenvalue weighted by molar-refractivity contribution is 7.13. The number of rotatable bonds is 6. The van der Waals surface area contributed by atoms with Crippen molar-refractivity contribution in [2.24, 2.45) is 0 Å². The number of terminal acetylenes is 1. The van der Waals surface area contributed by atoms with Gasteiger partial charge in [-0.05, 0) is 31.2 Å². The molecule has 3 N–H and O–H groups in total. The van der Waals surface area contributed by atoms with Crippen LogP contribution in [-0.4, -0.2) is 59.0 Å². The smallest absolute Gasteiger partial charge is 0.207 e. The minimum Gasteiger partial charge on any atom is -0.348 e. The summed E-state index contributed by atoms with van der Waals surface area (Å²) in [6.07, 6.45) is 5.31. The first kappa shape index (κ1) is 22.6. The summed E-state index contributed by atoms with van der Waals surface area (Å²) in [7, 11) is 0. The molecule has 31 heavy (non-hydrogen) atoms. The van der Waals surface area contributed by atoms with E-state index in [1.807, 2.05) is 12.3 Å². The predicted molar refractivity (Wildman–Crippen MR) is 121 cm³/mol. The van der Waals surface area contributed by atoms with Crippen LogP contribution in [0.3, 0.4) is 0 Å². The first-order valence-corrected chi connectivity index (χ1v) is 10.8. The van der Waals surface area contributed by atoms with Gasteiger partial charge in [0.2, 0.25) is 6.41 Å². The second-order valence-electron chi connectivity index (χ2n) is 6.94. The van der Waals surface area contributed by atoms with E-state index in [-0.39, 0.29) is 5.82 Å². The summed E-state index contributed by atoms with van der Waals surface area (Å²) in [6.45, 7) is 7.12. The first-order valence-electron chi connectivity index (χ1n) is 9.91. The third-order valence-corrected chi connectivity index (χ3v) is 5.55. The average Bonchev–Trinajstić information content (AvgIpc) is 3.40. The molecule has 1 aromatic carbocycles. The van der Waals surface area contributed by atoms with Crippen LogP contribution in [-0.2, 0) is 11.3 Å². The minimum absolute atomic E-state index is 0.244. The molecule has 1 aliphatic rings. The summed E-state index contributed by atoms with van der Waals surface area (Å²) in [5.41, 5.74) is 3.63. The monoisotopic (exact) mass is 440 g/mol. The predicted octanol–water partition coefficient (Wildman–Crippen LogP) is 2.42. The maximum Gasteiger partial charge on any atom is 0.207 e. The molecule has 1 fully saturated rings. The van der Waals surface area contributed by atoms with Crippen molar-refractivity contribution in [1.29, 1.82) is 0 Å². The summed E-state index contributed by atoms with van der Waals surface area (Å²) in [5, 5.41) is 8.58. The van der Waals surface area contributed by atoms with Gasteiger partial charge in [0.1, 0.15) is 22.3 Å². The van der Waals surface area contributed by atoms with Gasteiger partial charge in [-0.2, -0.15) is 0 Å². The number of aryl methyl sites for hydroxylation is 1. The number of nitrogens with one attached hydrogen (secondary N) is 3. The molecule has 3 heterocycles. The molecule has 162 valence electrons. The fourth-order valence-corrected chi connectivity index (χ4v) is 3.92. The molecule has 9 heteroatoms. The Morgan fingerprint density at radius 3 is 2.61 bits per heavy atom. The number of benzene rings is 1. The van der Waals surface area contributed by atoms with Crippen LogP contribution in [0.4, 0.5) is 4.39 Å². The van der Waals surface area contributed by atoms with Crippen molar-refractivity contribution in [3.05, 3.63) is 47.0 Å². The first-order chi connectivity index (χ1) is 15.1. The highest BCUT2D eigenvalue weighted by Crippen LogP contribution is 2.32. The third-order valence-electron chi connectivity index (χ3n) is 4.57. The van der Waals surface area contributed by atoms with E-state index in [2.05, 4.69) is 31.4 Å². The summed E-state index contributed by atoms with van der Waals surface area (Å²) in [5.74, 6) is 2.90. The van der Waals surface area contributed by atoms with Gasteiger partial charge in [-0.3, -0.25) is 9.69 Å². The van der Waals surface area contributed by atoms with Crippen molar-refractivity contribution in [3.8, 4) is 34.3 Å². The van der Waals surface area contributed by atoms with Gasteiger partial charge in [-0.1, -0.05) is 5.92 Å². The normalized spacial score (nSPS) is 13.7. The molecule has 0 unspecified atom stereocenters. The van der Waals surface area contributed by atoms with Gasteiger partial charge in [0.05, 0.1) is 18.8 Å². The molecule has 4 rings (SSSR count). The molecule has 2 aromatic heterocycles. The van der Waals surface area contributed by atoms with Gasteiger partial charge in [-0.25, -0.2) is 14.4 Å². The van der Waals surface area contributed by atoms with E-state index >= 15 is 0 Å². The van der Waals surface area contributed by atoms with Crippen LogP contribution < -0.4 is 10.6 Å². The third kappa shape index (κ3) is 6.46. The van der Waals surface area contributed by atoms with Crippen LogP contribution in [0.15, 0.2) is 29.6 Å². The molecule has 0 atom stereocenters. The Kier molecular flexibility index (Phi) is 8.29. The van der Waals surface area contributed by atoms with Gasteiger partial charge >= 0.3 is 0 Å². The minimum atomic E-state index is -0.244. The lowest BCUT2D eigenvalue weighted by Gasteiger charge is -2.26. The van der Waals surface area contributed by atoms with Crippen molar-refractivity contribution in [2.75, 3.05) is 32.7 Å². The van der Waals surface area contributed by atoms with Gasteiger partial charge in [0.25, 0.3) is 0 Å². The molecule has 7 nitrogen and oxygen atoms in total. The molecular weight excluding hydrogens is 415 g/mol. The number of carbonyl (C=O) groups is 1. The van der Waals surface area contributed by atoms with E-state index in [4.69, 9.17) is 11.4 Å². The summed E-state index contributed by atoms with van der Waals surface area (Å²) in [4.78, 5) is 24.6. The zero-order valence-corrected chi connectivity index (χ0v) is 18.1. The van der Waals surface area contributed by atoms with Gasteiger partial charge in [0, 0.05) is 42.8 Å². The van der Waals surface area contributed by atoms with Gasteiger partial charge in [-0.15, -0.1) is 17.8 Å². The Labute approximate surface area is 185 Å². The summed E-state index contributed by atoms with van der Waals surface area (Å²) < 4.78 is 13.3. The molecule has 0 saturated carbocycles. The van der Waals surface area contributed by atoms with Crippen molar-refractivity contribution >= 4 is 17.7 Å². The number of hydrogen-bond acceptors (Lipinski definition) is 6. The van der Waals surface area contributed by atoms with Crippen molar-refractivity contribution in [2.45, 2.75) is 13.5 Å². The number of halogens is 1. The van der Waals surface area contributed by atoms with Crippen LogP contribution in [0.1, 0.15) is 11.5 Å². The maximum absolute atomic E-state index is 13.3. The molecular formula is C22H25FN6OS. The van der Waals surface area contributed by atoms with Crippen LogP contribution >= 0.6 is 11.3 Å². The largest absolute Gasteiger partial charge is 0.348 e. The second-order valence-corrected chi connectivity index (χ2v) is 7.80. The highest BCUT2D eigenvalue weighted by Gasteiger charge is 2.19. The fourth-order valence-electron chi connectivity index (χ4n) is 3.12. The fraction of sp³-hybridized carbons (Fsp3) is 0.318. The Morgan fingerprint density at radius 1 is 1.29 bits per heavy atom. The number of imidazole rings is 1. The molecule has 0 spiro atoms. The zero-order valence-electron chi connectivity index (χ0n) is 17.3. The molecule has 1 amide bonds. The SMILES string of the molecule is C#CCNC=O.Cc1csc(-c2[nH]c(CN3CCNCC3)nc2-c2ccc(F)cc2)n1. The van der Waals surface area contributed by atoms with Crippen molar-refractivity contribution in [3.63, 3.8) is 0 Å². The number of H-pyrrole nitrogens is 1. The number of hydrogen-bond donors (Lipinski definition) is 3. The van der Waals surface area contributed by atoms with Crippen molar-refractivity contribution < 1.29 is 9.18 Å². The topological polar surface area (TPSA) is 85.9 Å². The summed E-state index contributed by atoms with van der Waals surface area (Å²) >= 11 is 1.59. The molecule has 1 aliphatic heterocycles. The van der Waals surface area contributed by atoms with E-state index in [9.17, 15) is 9.18 Å². The number of aromatic amines is 1. The Hall–Kier alpha value is -3.06. The quantitative estimate of drug-likeness (QED) is 0.311. The zero-order chi connectivity index (χ0) is 22.1. The van der Waals surface area contributed by atoms with E-state index in [1.165, 1.54) is 12.1 Å². The number of piperazine rings is 1. The van der Waals surface area contributed by atoms with E-state index < -0.39 is 0 Å². The van der Waals surface area contributed by atoms with E-state index in [0.717, 1.165) is 66.2 Å². The van der Waals surface area contributed by atoms with Gasteiger partial charge in [0.15, 0.2) is 0 Å².